The molecule has 2 spiro atoms. The van der Waals surface area contributed by atoms with Crippen molar-refractivity contribution in [2.75, 3.05) is 13.2 Å². The van der Waals surface area contributed by atoms with Crippen molar-refractivity contribution < 1.29 is 48.0 Å². The molecule has 7 fully saturated rings. The second kappa shape index (κ2) is 8.96. The van der Waals surface area contributed by atoms with E-state index in [1.54, 1.807) is 6.26 Å². The molecular formula is C34H44O10. The standard InChI is InChI=1S/C34H44O10/c1-6-7-16(14-35)12-20-18(10-11-40-20)25-31(4)13-17-8-9-19-26-33(15-41-28(19)38)22(17)32(5,34(31)27(44-34)29(39)42-25)24(37)21(36)23(33)30(2,3)43-26/h10-11,16-17,19,22-27,35,37H,6-9,12-15H2,1-5H3/t16-,17?,19+,22-,23+,24+,25+,26+,27+,31+,32-,33-,34-/m0/s1. The number of ether oxygens (including phenoxy) is 4. The molecule has 0 amide bonds. The van der Waals surface area contributed by atoms with E-state index in [2.05, 4.69) is 13.8 Å². The Morgan fingerprint density at radius 1 is 1.05 bits per heavy atom. The SMILES string of the molecule is CCC[C@H](CO)Cc1occc1[C@H]1OC(=O)[C@H]2O[C@@]23[C@]2(C)[C@H](O)C(=O)[C@@H]4C(C)(C)O[C@@H]5[C@H]6CCC(C[C@]13C)[C@@H]2[C@]54COC6=O. The molecule has 8 rings (SSSR count). The zero-order valence-electron chi connectivity index (χ0n) is 26.2. The molecule has 3 saturated carbocycles. The molecule has 5 heterocycles. The summed E-state index contributed by atoms with van der Waals surface area (Å²) < 4.78 is 31.4. The van der Waals surface area contributed by atoms with Crippen molar-refractivity contribution in [1.29, 1.82) is 0 Å². The average Bonchev–Trinajstić information content (AvgIpc) is 3.55. The predicted octanol–water partition coefficient (Wildman–Crippen LogP) is 3.31. The minimum Gasteiger partial charge on any atom is -0.469 e. The van der Waals surface area contributed by atoms with E-state index in [0.29, 0.717) is 31.4 Å². The third-order valence-corrected chi connectivity index (χ3v) is 13.5. The molecule has 3 aliphatic carbocycles. The van der Waals surface area contributed by atoms with E-state index in [1.165, 1.54) is 0 Å². The molecule has 240 valence electrons. The Bertz CT molecular complexity index is 1430. The number of carbonyl (C=O) groups is 3. The van der Waals surface area contributed by atoms with Crippen LogP contribution in [0.4, 0.5) is 0 Å². The van der Waals surface area contributed by atoms with Crippen molar-refractivity contribution in [2.45, 2.75) is 109 Å². The number of carbonyl (C=O) groups excluding carboxylic acids is 3. The van der Waals surface area contributed by atoms with Crippen molar-refractivity contribution in [3.63, 3.8) is 0 Å². The van der Waals surface area contributed by atoms with Gasteiger partial charge in [0.15, 0.2) is 11.9 Å². The molecule has 2 N–H and O–H groups in total. The first-order valence-electron chi connectivity index (χ1n) is 16.4. The van der Waals surface area contributed by atoms with Crippen LogP contribution in [0.15, 0.2) is 16.7 Å². The van der Waals surface area contributed by atoms with Gasteiger partial charge in [0.25, 0.3) is 0 Å². The molecule has 10 heteroatoms. The van der Waals surface area contributed by atoms with Gasteiger partial charge in [-0.25, -0.2) is 4.79 Å². The van der Waals surface area contributed by atoms with Crippen molar-refractivity contribution >= 4 is 17.7 Å². The van der Waals surface area contributed by atoms with E-state index < -0.39 is 69.7 Å². The van der Waals surface area contributed by atoms with Crippen LogP contribution in [-0.4, -0.2) is 70.7 Å². The lowest BCUT2D eigenvalue weighted by atomic mass is 9.34. The lowest BCUT2D eigenvalue weighted by Crippen LogP contribution is -2.77. The van der Waals surface area contributed by atoms with Crippen molar-refractivity contribution in [1.82, 2.24) is 0 Å². The first-order valence-corrected chi connectivity index (χ1v) is 16.4. The molecule has 0 radical (unpaired) electrons. The second-order valence-electron chi connectivity index (χ2n) is 15.8. The predicted molar refractivity (Wildman–Crippen MR) is 152 cm³/mol. The molecule has 1 aromatic rings. The maximum Gasteiger partial charge on any atom is 0.339 e. The maximum atomic E-state index is 14.6. The van der Waals surface area contributed by atoms with Crippen molar-refractivity contribution in [3.05, 3.63) is 23.7 Å². The van der Waals surface area contributed by atoms with Crippen molar-refractivity contribution in [2.24, 2.45) is 45.8 Å². The summed E-state index contributed by atoms with van der Waals surface area (Å²) in [5, 5.41) is 22.4. The van der Waals surface area contributed by atoms with Gasteiger partial charge in [0, 0.05) is 34.8 Å². The number of furan rings is 1. The van der Waals surface area contributed by atoms with Gasteiger partial charge >= 0.3 is 11.9 Å². The number of aliphatic hydroxyl groups is 2. The van der Waals surface area contributed by atoms with Gasteiger partial charge in [-0.15, -0.1) is 0 Å². The lowest BCUT2D eigenvalue weighted by molar-refractivity contribution is -0.266. The number of aliphatic hydroxyl groups excluding tert-OH is 2. The zero-order chi connectivity index (χ0) is 31.2. The highest BCUT2D eigenvalue weighted by Crippen LogP contribution is 2.82. The largest absolute Gasteiger partial charge is 0.469 e. The Balaban J connectivity index is 1.31. The Morgan fingerprint density at radius 2 is 1.82 bits per heavy atom. The van der Waals surface area contributed by atoms with Gasteiger partial charge in [-0.05, 0) is 63.4 Å². The summed E-state index contributed by atoms with van der Waals surface area (Å²) >= 11 is 0. The number of cyclic esters (lactones) is 2. The molecule has 44 heavy (non-hydrogen) atoms. The third-order valence-electron chi connectivity index (χ3n) is 13.5. The fourth-order valence-corrected chi connectivity index (χ4v) is 12.2. The van der Waals surface area contributed by atoms with Gasteiger partial charge in [-0.1, -0.05) is 27.2 Å². The molecule has 4 saturated heterocycles. The molecule has 4 aliphatic heterocycles. The summed E-state index contributed by atoms with van der Waals surface area (Å²) in [7, 11) is 0. The first-order chi connectivity index (χ1) is 20.8. The fourth-order valence-electron chi connectivity index (χ4n) is 12.2. The van der Waals surface area contributed by atoms with E-state index in [4.69, 9.17) is 23.4 Å². The average molecular weight is 613 g/mol. The van der Waals surface area contributed by atoms with Gasteiger partial charge in [0.1, 0.15) is 30.2 Å². The first kappa shape index (κ1) is 29.2. The summed E-state index contributed by atoms with van der Waals surface area (Å²) in [5.74, 6) is -1.94. The Morgan fingerprint density at radius 3 is 2.55 bits per heavy atom. The Kier molecular flexibility index (Phi) is 5.93. The highest BCUT2D eigenvalue weighted by molar-refractivity contribution is 5.92. The number of epoxide rings is 1. The van der Waals surface area contributed by atoms with Crippen LogP contribution >= 0.6 is 0 Å². The number of ketones is 1. The molecule has 0 aromatic carbocycles. The molecule has 1 unspecified atom stereocenters. The fraction of sp³-hybridized carbons (Fsp3) is 0.794. The summed E-state index contributed by atoms with van der Waals surface area (Å²) in [6.45, 7) is 9.92. The number of hydrogen-bond donors (Lipinski definition) is 2. The molecule has 1 aromatic heterocycles. The molecule has 7 aliphatic rings. The van der Waals surface area contributed by atoms with Crippen LogP contribution in [0.1, 0.15) is 84.2 Å². The van der Waals surface area contributed by atoms with E-state index in [0.717, 1.165) is 18.4 Å². The minimum absolute atomic E-state index is 0.000643. The Labute approximate surface area is 257 Å². The van der Waals surface area contributed by atoms with Crippen LogP contribution in [0.5, 0.6) is 0 Å². The number of rotatable bonds is 6. The normalized spacial score (nSPS) is 50.0. The van der Waals surface area contributed by atoms with E-state index in [-0.39, 0.29) is 42.7 Å². The quantitative estimate of drug-likeness (QED) is 0.363. The third kappa shape index (κ3) is 3.10. The van der Waals surface area contributed by atoms with E-state index in [1.807, 2.05) is 26.8 Å². The molecular weight excluding hydrogens is 568 g/mol. The van der Waals surface area contributed by atoms with Gasteiger partial charge < -0.3 is 33.6 Å². The van der Waals surface area contributed by atoms with Crippen LogP contribution in [0.25, 0.3) is 0 Å². The summed E-state index contributed by atoms with van der Waals surface area (Å²) in [5.41, 5.74) is -4.19. The van der Waals surface area contributed by atoms with Crippen LogP contribution in [0, 0.1) is 45.8 Å². The summed E-state index contributed by atoms with van der Waals surface area (Å²) in [4.78, 5) is 41.6. The number of esters is 2. The van der Waals surface area contributed by atoms with Gasteiger partial charge in [-0.3, -0.25) is 9.59 Å². The molecule has 2 bridgehead atoms. The lowest BCUT2D eigenvalue weighted by Gasteiger charge is -2.68. The van der Waals surface area contributed by atoms with E-state index in [9.17, 15) is 24.6 Å². The van der Waals surface area contributed by atoms with Crippen molar-refractivity contribution in [3.8, 4) is 0 Å². The van der Waals surface area contributed by atoms with Crippen LogP contribution in [0.2, 0.25) is 0 Å². The van der Waals surface area contributed by atoms with Gasteiger partial charge in [0.2, 0.25) is 0 Å². The van der Waals surface area contributed by atoms with Gasteiger partial charge in [-0.2, -0.15) is 0 Å². The second-order valence-corrected chi connectivity index (χ2v) is 15.8. The highest BCUT2D eigenvalue weighted by Gasteiger charge is 2.92. The maximum absolute atomic E-state index is 14.6. The summed E-state index contributed by atoms with van der Waals surface area (Å²) in [6.07, 6.45) is 2.09. The van der Waals surface area contributed by atoms with Crippen LogP contribution < -0.4 is 0 Å². The molecule has 10 nitrogen and oxygen atoms in total. The zero-order valence-corrected chi connectivity index (χ0v) is 26.2. The Hall–Kier alpha value is -2.27. The van der Waals surface area contributed by atoms with Crippen LogP contribution in [0.3, 0.4) is 0 Å². The van der Waals surface area contributed by atoms with E-state index >= 15 is 0 Å². The molecule has 13 atom stereocenters. The monoisotopic (exact) mass is 612 g/mol. The highest BCUT2D eigenvalue weighted by atomic mass is 16.7. The minimum atomic E-state index is -1.41. The number of hydrogen-bond acceptors (Lipinski definition) is 10. The van der Waals surface area contributed by atoms with Gasteiger partial charge in [0.05, 0.1) is 29.8 Å². The smallest absolute Gasteiger partial charge is 0.339 e. The van der Waals surface area contributed by atoms with Crippen LogP contribution in [-0.2, 0) is 39.8 Å². The topological polar surface area (TPSA) is 145 Å². The number of Topliss-reactive ketones (excluding diaryl/α,β-unsaturated/α-hetero) is 1. The summed E-state index contributed by atoms with van der Waals surface area (Å²) in [6, 6.07) is 1.84.